The number of ether oxygens (including phenoxy) is 1. The number of pyridine rings is 1. The van der Waals surface area contributed by atoms with Crippen molar-refractivity contribution in [3.05, 3.63) is 47.8 Å². The fraction of sp³-hybridized carbons (Fsp3) is 0.350. The van der Waals surface area contributed by atoms with Gasteiger partial charge in [0.2, 0.25) is 0 Å². The van der Waals surface area contributed by atoms with E-state index >= 15 is 0 Å². The smallest absolute Gasteiger partial charge is 0.319 e. The molecule has 0 spiro atoms. The molecule has 2 aromatic heterocycles. The Balaban J connectivity index is 1.33. The van der Waals surface area contributed by atoms with Gasteiger partial charge < -0.3 is 20.3 Å². The molecule has 3 aromatic rings. The van der Waals surface area contributed by atoms with E-state index in [9.17, 15) is 4.79 Å². The van der Waals surface area contributed by atoms with Crippen molar-refractivity contribution in [1.29, 1.82) is 0 Å². The normalized spacial score (nSPS) is 14.3. The second-order valence-electron chi connectivity index (χ2n) is 6.88. The minimum Gasteiger partial charge on any atom is -0.378 e. The fourth-order valence-electron chi connectivity index (χ4n) is 3.38. The molecule has 28 heavy (non-hydrogen) atoms. The van der Waals surface area contributed by atoms with E-state index in [0.717, 1.165) is 48.6 Å². The molecule has 0 aliphatic carbocycles. The Hall–Kier alpha value is -3.13. The Morgan fingerprint density at radius 2 is 1.96 bits per heavy atom. The number of nitrogens with one attached hydrogen (secondary N) is 2. The lowest BCUT2D eigenvalue weighted by Gasteiger charge is -2.28. The summed E-state index contributed by atoms with van der Waals surface area (Å²) in [6.07, 6.45) is 1.64. The molecule has 146 valence electrons. The first-order valence-corrected chi connectivity index (χ1v) is 9.36. The van der Waals surface area contributed by atoms with E-state index in [0.29, 0.717) is 12.2 Å². The molecule has 8 heteroatoms. The second-order valence-corrected chi connectivity index (χ2v) is 6.88. The molecule has 1 aromatic carbocycles. The van der Waals surface area contributed by atoms with Crippen LogP contribution in [0.25, 0.3) is 11.0 Å². The van der Waals surface area contributed by atoms with Gasteiger partial charge in [-0.1, -0.05) is 12.1 Å². The summed E-state index contributed by atoms with van der Waals surface area (Å²) in [6, 6.07) is 9.88. The van der Waals surface area contributed by atoms with Gasteiger partial charge in [-0.15, -0.1) is 0 Å². The third-order valence-corrected chi connectivity index (χ3v) is 4.89. The van der Waals surface area contributed by atoms with Gasteiger partial charge in [-0.25, -0.2) is 9.78 Å². The number of fused-ring (bicyclic) bond motifs is 1. The molecule has 0 bridgehead atoms. The Bertz CT molecular complexity index is 976. The van der Waals surface area contributed by atoms with Gasteiger partial charge in [-0.05, 0) is 30.7 Å². The second kappa shape index (κ2) is 7.85. The molecule has 2 amide bonds. The fourth-order valence-corrected chi connectivity index (χ4v) is 3.38. The number of carbonyl (C=O) groups is 1. The zero-order valence-corrected chi connectivity index (χ0v) is 16.1. The highest BCUT2D eigenvalue weighted by atomic mass is 16.5. The van der Waals surface area contributed by atoms with Gasteiger partial charge >= 0.3 is 6.03 Å². The van der Waals surface area contributed by atoms with Crippen molar-refractivity contribution in [2.24, 2.45) is 7.05 Å². The lowest BCUT2D eigenvalue weighted by atomic mass is 10.2. The molecule has 1 fully saturated rings. The first kappa shape index (κ1) is 18.2. The van der Waals surface area contributed by atoms with E-state index in [1.54, 1.807) is 10.9 Å². The van der Waals surface area contributed by atoms with Crippen LogP contribution >= 0.6 is 0 Å². The summed E-state index contributed by atoms with van der Waals surface area (Å²) in [5.41, 5.74) is 4.55. The summed E-state index contributed by atoms with van der Waals surface area (Å²) < 4.78 is 7.12. The summed E-state index contributed by atoms with van der Waals surface area (Å²) in [5.74, 6) is 0. The van der Waals surface area contributed by atoms with Crippen molar-refractivity contribution in [2.45, 2.75) is 13.5 Å². The minimum absolute atomic E-state index is 0.264. The third-order valence-electron chi connectivity index (χ3n) is 4.89. The summed E-state index contributed by atoms with van der Waals surface area (Å²) >= 11 is 0. The number of hydrogen-bond donors (Lipinski definition) is 2. The van der Waals surface area contributed by atoms with Gasteiger partial charge in [-0.2, -0.15) is 5.10 Å². The number of benzene rings is 1. The molecule has 0 atom stereocenters. The molecule has 1 saturated heterocycles. The van der Waals surface area contributed by atoms with E-state index in [1.165, 1.54) is 5.69 Å². The predicted octanol–water partition coefficient (Wildman–Crippen LogP) is 2.44. The number of aromatic nitrogens is 3. The highest BCUT2D eigenvalue weighted by molar-refractivity contribution is 5.92. The highest BCUT2D eigenvalue weighted by Crippen LogP contribution is 2.19. The van der Waals surface area contributed by atoms with Gasteiger partial charge in [0.15, 0.2) is 5.65 Å². The maximum atomic E-state index is 12.2. The number of amides is 2. The van der Waals surface area contributed by atoms with Gasteiger partial charge in [0, 0.05) is 37.8 Å². The monoisotopic (exact) mass is 380 g/mol. The highest BCUT2D eigenvalue weighted by Gasteiger charge is 2.11. The minimum atomic E-state index is -0.264. The predicted molar refractivity (Wildman–Crippen MR) is 109 cm³/mol. The lowest BCUT2D eigenvalue weighted by Crippen LogP contribution is -2.36. The third kappa shape index (κ3) is 3.91. The van der Waals surface area contributed by atoms with E-state index in [-0.39, 0.29) is 6.03 Å². The van der Waals surface area contributed by atoms with Crippen molar-refractivity contribution in [3.63, 3.8) is 0 Å². The molecule has 3 heterocycles. The average Bonchev–Trinajstić information content (AvgIpc) is 3.01. The molecule has 0 unspecified atom stereocenters. The molecule has 0 saturated carbocycles. The van der Waals surface area contributed by atoms with Crippen molar-refractivity contribution >= 4 is 28.4 Å². The van der Waals surface area contributed by atoms with Gasteiger partial charge in [-0.3, -0.25) is 4.68 Å². The van der Waals surface area contributed by atoms with Crippen LogP contribution in [0.3, 0.4) is 0 Å². The van der Waals surface area contributed by atoms with Crippen LogP contribution in [0.4, 0.5) is 16.2 Å². The number of aryl methyl sites for hydroxylation is 2. The van der Waals surface area contributed by atoms with Crippen molar-refractivity contribution in [1.82, 2.24) is 20.1 Å². The van der Waals surface area contributed by atoms with Crippen LogP contribution in [0.2, 0.25) is 0 Å². The van der Waals surface area contributed by atoms with Crippen LogP contribution in [-0.2, 0) is 18.3 Å². The van der Waals surface area contributed by atoms with Crippen LogP contribution in [-0.4, -0.2) is 47.1 Å². The average molecular weight is 380 g/mol. The van der Waals surface area contributed by atoms with Crippen molar-refractivity contribution < 1.29 is 9.53 Å². The summed E-state index contributed by atoms with van der Waals surface area (Å²) in [4.78, 5) is 18.9. The maximum Gasteiger partial charge on any atom is 0.319 e. The first-order valence-electron chi connectivity index (χ1n) is 9.36. The number of anilines is 2. The molecule has 1 aliphatic rings. The zero-order chi connectivity index (χ0) is 19.5. The standard InChI is InChI=1S/C20H24N6O2/c1-14-18-11-16(13-21-19(18)25(2)24-14)23-20(27)22-12-15-3-5-17(6-4-15)26-7-9-28-10-8-26/h3-6,11,13H,7-10,12H2,1-2H3,(H2,22,23,27). The van der Waals surface area contributed by atoms with Crippen LogP contribution in [0.5, 0.6) is 0 Å². The molecule has 8 nitrogen and oxygen atoms in total. The lowest BCUT2D eigenvalue weighted by molar-refractivity contribution is 0.122. The molecule has 4 rings (SSSR count). The van der Waals surface area contributed by atoms with Gasteiger partial charge in [0.05, 0.1) is 30.8 Å². The Kier molecular flexibility index (Phi) is 5.12. The maximum absolute atomic E-state index is 12.2. The Morgan fingerprint density at radius 3 is 2.71 bits per heavy atom. The Labute approximate surface area is 163 Å². The van der Waals surface area contributed by atoms with Crippen LogP contribution in [0.15, 0.2) is 36.5 Å². The molecular weight excluding hydrogens is 356 g/mol. The van der Waals surface area contributed by atoms with Crippen LogP contribution in [0.1, 0.15) is 11.3 Å². The number of hydrogen-bond acceptors (Lipinski definition) is 5. The summed E-state index contributed by atoms with van der Waals surface area (Å²) in [7, 11) is 1.85. The number of nitrogens with zero attached hydrogens (tertiary/aromatic N) is 4. The SMILES string of the molecule is Cc1nn(C)c2ncc(NC(=O)NCc3ccc(N4CCOCC4)cc3)cc12. The number of rotatable bonds is 4. The van der Waals surface area contributed by atoms with E-state index < -0.39 is 0 Å². The van der Waals surface area contributed by atoms with Crippen molar-refractivity contribution in [2.75, 3.05) is 36.5 Å². The van der Waals surface area contributed by atoms with Crippen LogP contribution in [0, 0.1) is 6.92 Å². The zero-order valence-electron chi connectivity index (χ0n) is 16.1. The first-order chi connectivity index (χ1) is 13.6. The van der Waals surface area contributed by atoms with Crippen molar-refractivity contribution in [3.8, 4) is 0 Å². The molecule has 2 N–H and O–H groups in total. The molecule has 0 radical (unpaired) electrons. The molecule has 1 aliphatic heterocycles. The summed E-state index contributed by atoms with van der Waals surface area (Å²) in [6.45, 7) is 5.74. The molecular formula is C20H24N6O2. The van der Waals surface area contributed by atoms with E-state index in [4.69, 9.17) is 4.74 Å². The van der Waals surface area contributed by atoms with Gasteiger partial charge in [0.1, 0.15) is 0 Å². The number of urea groups is 1. The summed E-state index contributed by atoms with van der Waals surface area (Å²) in [5, 5.41) is 11.0. The largest absolute Gasteiger partial charge is 0.378 e. The van der Waals surface area contributed by atoms with E-state index in [1.807, 2.05) is 32.2 Å². The number of morpholine rings is 1. The Morgan fingerprint density at radius 1 is 1.21 bits per heavy atom. The topological polar surface area (TPSA) is 84.3 Å². The van der Waals surface area contributed by atoms with Gasteiger partial charge in [0.25, 0.3) is 0 Å². The van der Waals surface area contributed by atoms with E-state index in [2.05, 4.69) is 37.7 Å². The quantitative estimate of drug-likeness (QED) is 0.726. The van der Waals surface area contributed by atoms with Crippen LogP contribution < -0.4 is 15.5 Å². The number of carbonyl (C=O) groups excluding carboxylic acids is 1.